The van der Waals surface area contributed by atoms with Crippen molar-refractivity contribution >= 4 is 16.7 Å². The molecule has 0 bridgehead atoms. The van der Waals surface area contributed by atoms with E-state index in [0.29, 0.717) is 0 Å². The first-order valence-corrected chi connectivity index (χ1v) is 5.39. The lowest BCUT2D eigenvalue weighted by Crippen LogP contribution is -2.20. The van der Waals surface area contributed by atoms with Gasteiger partial charge in [0.05, 0.1) is 0 Å². The predicted molar refractivity (Wildman–Crippen MR) is 58.9 cm³/mol. The molecule has 0 radical (unpaired) electrons. The Balaban J connectivity index is 1.89. The van der Waals surface area contributed by atoms with Gasteiger partial charge in [0, 0.05) is 43.4 Å². The summed E-state index contributed by atoms with van der Waals surface area (Å²) in [7, 11) is 1.98. The smallest absolute Gasteiger partial charge is 0.227 e. The van der Waals surface area contributed by atoms with E-state index in [4.69, 9.17) is 0 Å². The van der Waals surface area contributed by atoms with Crippen molar-refractivity contribution in [2.75, 3.05) is 18.5 Å². The van der Waals surface area contributed by atoms with Gasteiger partial charge in [-0.1, -0.05) is 15.7 Å². The van der Waals surface area contributed by atoms with E-state index in [0.717, 1.165) is 23.8 Å². The average molecular weight is 221 g/mol. The lowest BCUT2D eigenvalue weighted by Gasteiger charge is -2.13. The number of pyridine rings is 1. The Morgan fingerprint density at radius 2 is 2.33 bits per heavy atom. The molecule has 0 N–H and O–H groups in total. The van der Waals surface area contributed by atoms with Crippen LogP contribution in [0.2, 0.25) is 0 Å². The van der Waals surface area contributed by atoms with Gasteiger partial charge in [0.25, 0.3) is 0 Å². The van der Waals surface area contributed by atoms with Crippen LogP contribution < -0.4 is 4.90 Å². The van der Waals surface area contributed by atoms with Crippen LogP contribution in [-0.2, 0) is 6.42 Å². The third kappa shape index (κ3) is 2.69. The molecular formula is C9H11N5S. The molecule has 0 spiro atoms. The molecule has 78 valence electrons. The highest BCUT2D eigenvalue weighted by Gasteiger charge is 2.05. The first kappa shape index (κ1) is 9.97. The van der Waals surface area contributed by atoms with Crippen LogP contribution in [0.25, 0.3) is 0 Å². The van der Waals surface area contributed by atoms with Crippen molar-refractivity contribution in [1.82, 2.24) is 19.8 Å². The van der Waals surface area contributed by atoms with Gasteiger partial charge in [0.2, 0.25) is 5.13 Å². The third-order valence-corrected chi connectivity index (χ3v) is 2.76. The monoisotopic (exact) mass is 221 g/mol. The van der Waals surface area contributed by atoms with Gasteiger partial charge >= 0.3 is 0 Å². The van der Waals surface area contributed by atoms with Crippen molar-refractivity contribution in [3.63, 3.8) is 0 Å². The fraction of sp³-hybridized carbons (Fsp3) is 0.333. The molecule has 2 aromatic heterocycles. The Kier molecular flexibility index (Phi) is 3.18. The molecule has 0 saturated carbocycles. The maximum atomic E-state index is 4.26. The molecule has 2 rings (SSSR count). The highest BCUT2D eigenvalue weighted by atomic mass is 32.1. The van der Waals surface area contributed by atoms with Crippen LogP contribution in [0, 0.1) is 0 Å². The Labute approximate surface area is 91.9 Å². The Morgan fingerprint density at radius 3 is 3.00 bits per heavy atom. The van der Waals surface area contributed by atoms with Gasteiger partial charge < -0.3 is 4.90 Å². The number of aromatic nitrogens is 4. The highest BCUT2D eigenvalue weighted by molar-refractivity contribution is 7.09. The van der Waals surface area contributed by atoms with E-state index in [1.165, 1.54) is 11.5 Å². The number of nitrogens with zero attached hydrogens (tertiary/aromatic N) is 5. The number of likely N-dealkylation sites (N-methyl/N-ethyl adjacent to an activating group) is 1. The third-order valence-electron chi connectivity index (χ3n) is 2.05. The fourth-order valence-corrected chi connectivity index (χ4v) is 1.65. The molecule has 0 aliphatic rings. The molecule has 5 nitrogen and oxygen atoms in total. The van der Waals surface area contributed by atoms with E-state index in [9.17, 15) is 0 Å². The molecule has 0 atom stereocenters. The molecular weight excluding hydrogens is 210 g/mol. The molecule has 0 saturated heterocycles. The van der Waals surface area contributed by atoms with Crippen LogP contribution in [0.3, 0.4) is 0 Å². The molecule has 0 aliphatic heterocycles. The van der Waals surface area contributed by atoms with Gasteiger partial charge in [-0.3, -0.25) is 4.98 Å². The Morgan fingerprint density at radius 1 is 1.40 bits per heavy atom. The standard InChI is InChI=1S/C9H11N5S/c1-14(9-11-12-13-15-9)7-5-8-4-2-3-6-10-8/h2-4,6H,5,7H2,1H3. The van der Waals surface area contributed by atoms with Crippen LogP contribution in [0.4, 0.5) is 5.13 Å². The summed E-state index contributed by atoms with van der Waals surface area (Å²) in [5.74, 6) is 0. The maximum absolute atomic E-state index is 4.26. The zero-order chi connectivity index (χ0) is 10.5. The molecule has 6 heteroatoms. The molecule has 0 fully saturated rings. The minimum atomic E-state index is 0.839. The lowest BCUT2D eigenvalue weighted by molar-refractivity contribution is 0.832. The van der Waals surface area contributed by atoms with Crippen LogP contribution >= 0.6 is 11.5 Å². The summed E-state index contributed by atoms with van der Waals surface area (Å²) in [5.41, 5.74) is 1.09. The van der Waals surface area contributed by atoms with E-state index in [1.54, 1.807) is 0 Å². The number of rotatable bonds is 4. The summed E-state index contributed by atoms with van der Waals surface area (Å²) >= 11 is 1.30. The quantitative estimate of drug-likeness (QED) is 0.771. The number of anilines is 1. The second-order valence-corrected chi connectivity index (χ2v) is 3.85. The largest absolute Gasteiger partial charge is 0.348 e. The van der Waals surface area contributed by atoms with Crippen LogP contribution in [0.5, 0.6) is 0 Å². The molecule has 0 aliphatic carbocycles. The molecule has 0 unspecified atom stereocenters. The number of hydrogen-bond donors (Lipinski definition) is 0. The topological polar surface area (TPSA) is 54.8 Å². The van der Waals surface area contributed by atoms with E-state index in [1.807, 2.05) is 36.3 Å². The molecule has 0 amide bonds. The van der Waals surface area contributed by atoms with Crippen molar-refractivity contribution in [2.45, 2.75) is 6.42 Å². The lowest BCUT2D eigenvalue weighted by atomic mass is 10.2. The highest BCUT2D eigenvalue weighted by Crippen LogP contribution is 2.11. The summed E-state index contributed by atoms with van der Waals surface area (Å²) in [5, 5.41) is 8.29. The minimum Gasteiger partial charge on any atom is -0.348 e. The Bertz CT molecular complexity index is 388. The molecule has 2 heterocycles. The van der Waals surface area contributed by atoms with Crippen LogP contribution in [0.15, 0.2) is 24.4 Å². The second-order valence-electron chi connectivity index (χ2n) is 3.14. The van der Waals surface area contributed by atoms with E-state index < -0.39 is 0 Å². The Hall–Kier alpha value is -1.56. The van der Waals surface area contributed by atoms with Gasteiger partial charge in [0.1, 0.15) is 0 Å². The maximum Gasteiger partial charge on any atom is 0.227 e. The molecule has 2 aromatic rings. The van der Waals surface area contributed by atoms with E-state index in [-0.39, 0.29) is 0 Å². The zero-order valence-corrected chi connectivity index (χ0v) is 9.18. The van der Waals surface area contributed by atoms with Crippen molar-refractivity contribution in [2.24, 2.45) is 0 Å². The summed E-state index contributed by atoms with van der Waals surface area (Å²) in [6.07, 6.45) is 2.71. The van der Waals surface area contributed by atoms with Crippen LogP contribution in [0.1, 0.15) is 5.69 Å². The first-order valence-electron chi connectivity index (χ1n) is 4.62. The van der Waals surface area contributed by atoms with E-state index >= 15 is 0 Å². The predicted octanol–water partition coefficient (Wildman–Crippen LogP) is 1.01. The van der Waals surface area contributed by atoms with Crippen molar-refractivity contribution in [3.05, 3.63) is 30.1 Å². The summed E-state index contributed by atoms with van der Waals surface area (Å²) in [6, 6.07) is 5.93. The normalized spacial score (nSPS) is 10.2. The van der Waals surface area contributed by atoms with Crippen molar-refractivity contribution in [3.8, 4) is 0 Å². The summed E-state index contributed by atoms with van der Waals surface area (Å²) in [6.45, 7) is 0.869. The van der Waals surface area contributed by atoms with Gasteiger partial charge in [-0.25, -0.2) is 0 Å². The van der Waals surface area contributed by atoms with Crippen LogP contribution in [-0.4, -0.2) is 33.4 Å². The minimum absolute atomic E-state index is 0.839. The van der Waals surface area contributed by atoms with E-state index in [2.05, 4.69) is 19.8 Å². The van der Waals surface area contributed by atoms with Crippen molar-refractivity contribution < 1.29 is 0 Å². The second kappa shape index (κ2) is 4.79. The average Bonchev–Trinajstić information content (AvgIpc) is 2.81. The first-order chi connectivity index (χ1) is 7.36. The summed E-state index contributed by atoms with van der Waals surface area (Å²) < 4.78 is 3.72. The zero-order valence-electron chi connectivity index (χ0n) is 8.37. The van der Waals surface area contributed by atoms with Gasteiger partial charge in [-0.15, -0.1) is 0 Å². The molecule has 15 heavy (non-hydrogen) atoms. The van der Waals surface area contributed by atoms with Gasteiger partial charge in [0.15, 0.2) is 0 Å². The molecule has 0 aromatic carbocycles. The van der Waals surface area contributed by atoms with Gasteiger partial charge in [-0.05, 0) is 17.3 Å². The van der Waals surface area contributed by atoms with Gasteiger partial charge in [-0.2, -0.15) is 0 Å². The van der Waals surface area contributed by atoms with Crippen molar-refractivity contribution in [1.29, 1.82) is 0 Å². The number of hydrogen-bond acceptors (Lipinski definition) is 6. The summed E-state index contributed by atoms with van der Waals surface area (Å²) in [4.78, 5) is 6.28. The fourth-order valence-electron chi connectivity index (χ4n) is 1.20. The SMILES string of the molecule is CN(CCc1ccccn1)c1nnns1.